The third-order valence-corrected chi connectivity index (χ3v) is 1.76. The van der Waals surface area contributed by atoms with Crippen molar-refractivity contribution in [2.45, 2.75) is 0 Å². The Bertz CT molecular complexity index is 575. The van der Waals surface area contributed by atoms with Crippen LogP contribution < -0.4 is 11.2 Å². The molecule has 0 atom stereocenters. The Morgan fingerprint density at radius 2 is 1.86 bits per heavy atom. The molecular weight excluding hydrogens is 211 g/mol. The Balaban J connectivity index is 0.000000980. The molecule has 0 aliphatic heterocycles. The number of benzene rings is 1. The molecule has 4 nitrogen and oxygen atoms in total. The number of rotatable bonds is 0. The summed E-state index contributed by atoms with van der Waals surface area (Å²) >= 11 is 0. The Morgan fingerprint density at radius 3 is 2.57 bits per heavy atom. The third-order valence-electron chi connectivity index (χ3n) is 1.76. The van der Waals surface area contributed by atoms with Gasteiger partial charge in [0.1, 0.15) is 0 Å². The molecule has 0 radical (unpaired) electrons. The molecule has 0 aliphatic rings. The van der Waals surface area contributed by atoms with Crippen LogP contribution in [0, 0.1) is 0 Å². The molecule has 1 aromatic carbocycles. The average Bonchev–Trinajstić information content (AvgIpc) is 2.15. The van der Waals surface area contributed by atoms with Crippen LogP contribution in [-0.2, 0) is 0 Å². The van der Waals surface area contributed by atoms with E-state index in [1.807, 2.05) is 4.98 Å². The fraction of sp³-hybridized carbons (Fsp3) is 0. The van der Waals surface area contributed by atoms with Crippen LogP contribution in [0.25, 0.3) is 10.9 Å². The molecule has 0 amide bonds. The normalized spacial score (nSPS) is 9.79. The number of nitrogens with one attached hydrogen (secondary N) is 1. The van der Waals surface area contributed by atoms with E-state index >= 15 is 0 Å². The first-order valence-corrected chi connectivity index (χ1v) is 3.60. The van der Waals surface area contributed by atoms with Gasteiger partial charge in [0, 0.05) is 0 Å². The number of para-hydroxylation sites is 1. The zero-order valence-electron chi connectivity index (χ0n) is 6.86. The van der Waals surface area contributed by atoms with Gasteiger partial charge in [0.25, 0.3) is 5.56 Å². The zero-order valence-corrected chi connectivity index (χ0v) is 7.68. The van der Waals surface area contributed by atoms with Gasteiger partial charge in [0.15, 0.2) is 0 Å². The molecule has 0 saturated heterocycles. The number of aromatic amines is 1. The van der Waals surface area contributed by atoms with Crippen molar-refractivity contribution < 1.29 is 4.48 Å². The highest BCUT2D eigenvalue weighted by Gasteiger charge is 2.04. The lowest BCUT2D eigenvalue weighted by molar-refractivity contribution is 0.362. The van der Waals surface area contributed by atoms with E-state index in [2.05, 4.69) is 0 Å². The van der Waals surface area contributed by atoms with Crippen LogP contribution in [0.3, 0.4) is 0 Å². The van der Waals surface area contributed by atoms with Gasteiger partial charge < -0.3 is 0 Å². The van der Waals surface area contributed by atoms with Gasteiger partial charge in [-0.15, -0.1) is 17.2 Å². The van der Waals surface area contributed by atoms with Crippen LogP contribution in [-0.4, -0.2) is 9.77 Å². The SMILES string of the molecule is Cl.O=c1[nH]c(=O)n(F)c2ccccc12. The maximum atomic E-state index is 13.0. The van der Waals surface area contributed by atoms with Crippen LogP contribution in [0.5, 0.6) is 0 Å². The van der Waals surface area contributed by atoms with Gasteiger partial charge in [0.2, 0.25) is 0 Å². The van der Waals surface area contributed by atoms with Gasteiger partial charge in [-0.05, 0) is 12.1 Å². The summed E-state index contributed by atoms with van der Waals surface area (Å²) in [5.41, 5.74) is -1.64. The van der Waals surface area contributed by atoms with E-state index in [0.29, 0.717) is 0 Å². The van der Waals surface area contributed by atoms with Crippen molar-refractivity contribution in [3.05, 3.63) is 45.1 Å². The van der Waals surface area contributed by atoms with E-state index in [1.165, 1.54) is 12.1 Å². The predicted octanol–water partition coefficient (Wildman–Crippen LogP) is 0.844. The lowest BCUT2D eigenvalue weighted by atomic mass is 10.2. The summed E-state index contributed by atoms with van der Waals surface area (Å²) in [4.78, 5) is 23.7. The second kappa shape index (κ2) is 3.63. The molecule has 0 fully saturated rings. The van der Waals surface area contributed by atoms with Crippen LogP contribution >= 0.6 is 12.4 Å². The fourth-order valence-corrected chi connectivity index (χ4v) is 1.16. The third kappa shape index (κ3) is 1.42. The molecule has 1 heterocycles. The molecule has 0 aliphatic carbocycles. The molecule has 0 unspecified atom stereocenters. The Kier molecular flexibility index (Phi) is 2.71. The summed E-state index contributed by atoms with van der Waals surface area (Å²) in [7, 11) is 0. The first kappa shape index (κ1) is 10.5. The number of nitrogens with zero attached hydrogens (tertiary/aromatic N) is 1. The predicted molar refractivity (Wildman–Crippen MR) is 52.6 cm³/mol. The van der Waals surface area contributed by atoms with Crippen molar-refractivity contribution in [1.29, 1.82) is 0 Å². The molecule has 1 aromatic heterocycles. The number of fused-ring (bicyclic) bond motifs is 1. The molecule has 1 N–H and O–H groups in total. The average molecular weight is 217 g/mol. The van der Waals surface area contributed by atoms with Crippen molar-refractivity contribution in [3.8, 4) is 0 Å². The number of H-pyrrole nitrogens is 1. The molecule has 0 saturated carbocycles. The lowest BCUT2D eigenvalue weighted by Crippen LogP contribution is -2.26. The lowest BCUT2D eigenvalue weighted by Gasteiger charge is -1.97. The molecule has 0 bridgehead atoms. The second-order valence-corrected chi connectivity index (χ2v) is 2.56. The Hall–Kier alpha value is -1.62. The van der Waals surface area contributed by atoms with E-state index in [9.17, 15) is 14.1 Å². The number of halogens is 2. The topological polar surface area (TPSA) is 54.9 Å². The maximum Gasteiger partial charge on any atom is 0.357 e. The van der Waals surface area contributed by atoms with E-state index < -0.39 is 11.2 Å². The molecule has 2 aromatic rings. The highest BCUT2D eigenvalue weighted by Crippen LogP contribution is 2.05. The molecule has 2 rings (SSSR count). The van der Waals surface area contributed by atoms with E-state index in [1.54, 1.807) is 12.1 Å². The van der Waals surface area contributed by atoms with Gasteiger partial charge in [-0.1, -0.05) is 16.6 Å². The van der Waals surface area contributed by atoms with Crippen LogP contribution in [0.1, 0.15) is 0 Å². The summed E-state index contributed by atoms with van der Waals surface area (Å²) in [5, 5.41) is 0.157. The van der Waals surface area contributed by atoms with E-state index in [4.69, 9.17) is 0 Å². The monoisotopic (exact) mass is 216 g/mol. The molecule has 0 spiro atoms. The van der Waals surface area contributed by atoms with Crippen molar-refractivity contribution in [1.82, 2.24) is 9.77 Å². The summed E-state index contributed by atoms with van der Waals surface area (Å²) in [5.74, 6) is 0. The van der Waals surface area contributed by atoms with Crippen molar-refractivity contribution in [2.75, 3.05) is 0 Å². The molecule has 74 valence electrons. The number of hydrogen-bond donors (Lipinski definition) is 1. The maximum absolute atomic E-state index is 13.0. The first-order chi connectivity index (χ1) is 6.20. The van der Waals surface area contributed by atoms with Gasteiger partial charge in [-0.25, -0.2) is 4.79 Å². The van der Waals surface area contributed by atoms with Gasteiger partial charge in [-0.2, -0.15) is 0 Å². The largest absolute Gasteiger partial charge is 0.357 e. The van der Waals surface area contributed by atoms with Crippen molar-refractivity contribution in [2.24, 2.45) is 0 Å². The number of aromatic nitrogens is 2. The van der Waals surface area contributed by atoms with Crippen LogP contribution in [0.2, 0.25) is 0 Å². The summed E-state index contributed by atoms with van der Waals surface area (Å²) < 4.78 is 13.0. The van der Waals surface area contributed by atoms with Gasteiger partial charge >= 0.3 is 5.69 Å². The summed E-state index contributed by atoms with van der Waals surface area (Å²) in [6.45, 7) is 0. The standard InChI is InChI=1S/C8H5FN2O2.ClH/c9-11-6-4-2-1-3-5(6)7(12)10-8(11)13;/h1-4H,(H,10,12,13);1H. The van der Waals surface area contributed by atoms with Crippen LogP contribution in [0.15, 0.2) is 33.9 Å². The summed E-state index contributed by atoms with van der Waals surface area (Å²) in [6.07, 6.45) is 0. The fourth-order valence-electron chi connectivity index (χ4n) is 1.16. The van der Waals surface area contributed by atoms with Gasteiger partial charge in [-0.3, -0.25) is 9.78 Å². The zero-order chi connectivity index (χ0) is 9.42. The minimum absolute atomic E-state index is 0. The van der Waals surface area contributed by atoms with Crippen molar-refractivity contribution in [3.63, 3.8) is 0 Å². The molecular formula is C8H6ClFN2O2. The molecule has 14 heavy (non-hydrogen) atoms. The minimum Gasteiger partial charge on any atom is -0.271 e. The first-order valence-electron chi connectivity index (χ1n) is 3.60. The highest BCUT2D eigenvalue weighted by atomic mass is 35.5. The Labute approximate surface area is 83.3 Å². The Morgan fingerprint density at radius 1 is 1.21 bits per heavy atom. The highest BCUT2D eigenvalue weighted by molar-refractivity contribution is 5.85. The quantitative estimate of drug-likeness (QED) is 0.710. The summed E-state index contributed by atoms with van der Waals surface area (Å²) in [6, 6.07) is 5.97. The number of hydrogen-bond acceptors (Lipinski definition) is 2. The molecule has 6 heteroatoms. The van der Waals surface area contributed by atoms with Crippen molar-refractivity contribution >= 4 is 23.3 Å². The van der Waals surface area contributed by atoms with Crippen LogP contribution in [0.4, 0.5) is 4.48 Å². The second-order valence-electron chi connectivity index (χ2n) is 2.56. The van der Waals surface area contributed by atoms with E-state index in [0.717, 1.165) is 0 Å². The minimum atomic E-state index is -1.05. The van der Waals surface area contributed by atoms with Gasteiger partial charge in [0.05, 0.1) is 10.9 Å². The smallest absolute Gasteiger partial charge is 0.271 e. The van der Waals surface area contributed by atoms with E-state index in [-0.39, 0.29) is 28.1 Å².